The minimum Gasteiger partial charge on any atom is -0.502 e. The van der Waals surface area contributed by atoms with Gasteiger partial charge in [0.05, 0.1) is 11.0 Å². The van der Waals surface area contributed by atoms with Crippen LogP contribution in [0.2, 0.25) is 0 Å². The molecule has 3 rings (SSSR count). The SMILES string of the molecule is O=[N+]([O-])c1cc2oc(-c3ccccc3)cc2cc1O. The van der Waals surface area contributed by atoms with E-state index in [2.05, 4.69) is 0 Å². The summed E-state index contributed by atoms with van der Waals surface area (Å²) in [6.07, 6.45) is 0. The molecule has 0 fully saturated rings. The highest BCUT2D eigenvalue weighted by atomic mass is 16.6. The number of phenols is 1. The van der Waals surface area contributed by atoms with Crippen LogP contribution in [-0.4, -0.2) is 10.0 Å². The molecule has 0 bridgehead atoms. The van der Waals surface area contributed by atoms with E-state index in [0.717, 1.165) is 5.56 Å². The molecule has 1 N–H and O–H groups in total. The zero-order valence-corrected chi connectivity index (χ0v) is 9.74. The number of nitrogens with zero attached hydrogens (tertiary/aromatic N) is 1. The molecule has 0 saturated carbocycles. The lowest BCUT2D eigenvalue weighted by Crippen LogP contribution is -1.87. The van der Waals surface area contributed by atoms with Gasteiger partial charge >= 0.3 is 5.69 Å². The largest absolute Gasteiger partial charge is 0.502 e. The molecule has 2 aromatic carbocycles. The number of nitro groups is 1. The van der Waals surface area contributed by atoms with Crippen LogP contribution in [0.4, 0.5) is 5.69 Å². The topological polar surface area (TPSA) is 76.5 Å². The molecule has 0 aliphatic heterocycles. The molecule has 1 heterocycles. The van der Waals surface area contributed by atoms with Crippen molar-refractivity contribution in [2.24, 2.45) is 0 Å². The van der Waals surface area contributed by atoms with Crippen molar-refractivity contribution >= 4 is 16.7 Å². The van der Waals surface area contributed by atoms with Crippen molar-refractivity contribution in [3.05, 3.63) is 58.6 Å². The van der Waals surface area contributed by atoms with Crippen molar-refractivity contribution in [1.82, 2.24) is 0 Å². The maximum atomic E-state index is 10.7. The fourth-order valence-electron chi connectivity index (χ4n) is 1.96. The lowest BCUT2D eigenvalue weighted by Gasteiger charge is -1.95. The predicted octanol–water partition coefficient (Wildman–Crippen LogP) is 3.71. The molecule has 0 aliphatic rings. The summed E-state index contributed by atoms with van der Waals surface area (Å²) in [7, 11) is 0. The molecule has 1 aromatic heterocycles. The number of nitro benzene ring substituents is 1. The number of aromatic hydroxyl groups is 1. The standard InChI is InChI=1S/C14H9NO4/c16-12-6-10-7-13(9-4-2-1-3-5-9)19-14(10)8-11(12)15(17)18/h1-8,16H. The van der Waals surface area contributed by atoms with Crippen molar-refractivity contribution < 1.29 is 14.4 Å². The Hall–Kier alpha value is -2.82. The van der Waals surface area contributed by atoms with Crippen molar-refractivity contribution in [2.75, 3.05) is 0 Å². The Labute approximate surface area is 107 Å². The smallest absolute Gasteiger partial charge is 0.314 e. The zero-order chi connectivity index (χ0) is 13.4. The zero-order valence-electron chi connectivity index (χ0n) is 9.74. The molecule has 0 radical (unpaired) electrons. The number of furan rings is 1. The van der Waals surface area contributed by atoms with Crippen molar-refractivity contribution in [3.63, 3.8) is 0 Å². The van der Waals surface area contributed by atoms with E-state index in [1.807, 2.05) is 30.3 Å². The number of phenolic OH excluding ortho intramolecular Hbond substituents is 1. The Bertz CT molecular complexity index is 762. The average molecular weight is 255 g/mol. The summed E-state index contributed by atoms with van der Waals surface area (Å²) < 4.78 is 5.58. The van der Waals surface area contributed by atoms with Crippen LogP contribution >= 0.6 is 0 Å². The van der Waals surface area contributed by atoms with Gasteiger partial charge in [0.1, 0.15) is 11.3 Å². The van der Waals surface area contributed by atoms with E-state index in [1.54, 1.807) is 6.07 Å². The molecule has 94 valence electrons. The Morgan fingerprint density at radius 3 is 2.53 bits per heavy atom. The molecule has 3 aromatic rings. The monoisotopic (exact) mass is 255 g/mol. The molecule has 5 heteroatoms. The van der Waals surface area contributed by atoms with Gasteiger partial charge in [0.25, 0.3) is 0 Å². The summed E-state index contributed by atoms with van der Waals surface area (Å²) in [5.74, 6) is 0.244. The second-order valence-electron chi connectivity index (χ2n) is 4.11. The van der Waals surface area contributed by atoms with Gasteiger partial charge in [0.15, 0.2) is 5.75 Å². The van der Waals surface area contributed by atoms with Gasteiger partial charge in [-0.3, -0.25) is 10.1 Å². The first-order chi connectivity index (χ1) is 9.15. The normalized spacial score (nSPS) is 10.7. The summed E-state index contributed by atoms with van der Waals surface area (Å²) in [4.78, 5) is 10.1. The minimum absolute atomic E-state index is 0.360. The molecule has 19 heavy (non-hydrogen) atoms. The van der Waals surface area contributed by atoms with E-state index in [1.165, 1.54) is 12.1 Å². The van der Waals surface area contributed by atoms with E-state index in [9.17, 15) is 15.2 Å². The van der Waals surface area contributed by atoms with Crippen LogP contribution in [0.1, 0.15) is 0 Å². The quantitative estimate of drug-likeness (QED) is 0.559. The summed E-state index contributed by atoms with van der Waals surface area (Å²) in [6, 6.07) is 13.7. The first-order valence-electron chi connectivity index (χ1n) is 5.61. The predicted molar refractivity (Wildman–Crippen MR) is 70.0 cm³/mol. The van der Waals surface area contributed by atoms with Gasteiger partial charge in [-0.2, -0.15) is 0 Å². The third-order valence-corrected chi connectivity index (χ3v) is 2.87. The van der Waals surface area contributed by atoms with E-state index in [4.69, 9.17) is 4.42 Å². The number of hydrogen-bond acceptors (Lipinski definition) is 4. The van der Waals surface area contributed by atoms with Gasteiger partial charge in [-0.05, 0) is 12.1 Å². The fourth-order valence-corrected chi connectivity index (χ4v) is 1.96. The van der Waals surface area contributed by atoms with Gasteiger partial charge in [0, 0.05) is 10.9 Å². The van der Waals surface area contributed by atoms with Crippen molar-refractivity contribution in [2.45, 2.75) is 0 Å². The van der Waals surface area contributed by atoms with Crippen LogP contribution in [0.5, 0.6) is 5.75 Å². The number of benzene rings is 2. The highest BCUT2D eigenvalue weighted by molar-refractivity contribution is 5.86. The molecular formula is C14H9NO4. The summed E-state index contributed by atoms with van der Waals surface area (Å²) in [5.41, 5.74) is 0.894. The van der Waals surface area contributed by atoms with Crippen molar-refractivity contribution in [3.8, 4) is 17.1 Å². The second-order valence-corrected chi connectivity index (χ2v) is 4.11. The minimum atomic E-state index is -0.639. The van der Waals surface area contributed by atoms with Crippen LogP contribution in [0.25, 0.3) is 22.3 Å². The van der Waals surface area contributed by atoms with E-state index < -0.39 is 4.92 Å². The van der Waals surface area contributed by atoms with E-state index in [0.29, 0.717) is 16.7 Å². The first kappa shape index (κ1) is 11.3. The maximum absolute atomic E-state index is 10.7. The second kappa shape index (κ2) is 4.13. The highest BCUT2D eigenvalue weighted by Crippen LogP contribution is 2.35. The third-order valence-electron chi connectivity index (χ3n) is 2.87. The van der Waals surface area contributed by atoms with Crippen molar-refractivity contribution in [1.29, 1.82) is 0 Å². The van der Waals surface area contributed by atoms with Gasteiger partial charge in [-0.1, -0.05) is 30.3 Å². The average Bonchev–Trinajstić information content (AvgIpc) is 2.81. The summed E-state index contributed by atoms with van der Waals surface area (Å²) >= 11 is 0. The number of rotatable bonds is 2. The number of hydrogen-bond donors (Lipinski definition) is 1. The molecular weight excluding hydrogens is 246 g/mol. The van der Waals surface area contributed by atoms with E-state index in [-0.39, 0.29) is 11.4 Å². The maximum Gasteiger partial charge on any atom is 0.314 e. The molecule has 0 spiro atoms. The Morgan fingerprint density at radius 2 is 1.84 bits per heavy atom. The van der Waals surface area contributed by atoms with Crippen LogP contribution < -0.4 is 0 Å². The Balaban J connectivity index is 2.19. The Kier molecular flexibility index (Phi) is 2.45. The number of fused-ring (bicyclic) bond motifs is 1. The molecule has 0 unspecified atom stereocenters. The van der Waals surface area contributed by atoms with Crippen LogP contribution in [0.3, 0.4) is 0 Å². The van der Waals surface area contributed by atoms with Gasteiger partial charge in [0.2, 0.25) is 0 Å². The van der Waals surface area contributed by atoms with E-state index >= 15 is 0 Å². The van der Waals surface area contributed by atoms with Crippen LogP contribution in [0, 0.1) is 10.1 Å². The first-order valence-corrected chi connectivity index (χ1v) is 5.61. The van der Waals surface area contributed by atoms with Crippen LogP contribution in [0.15, 0.2) is 52.9 Å². The molecule has 0 amide bonds. The fraction of sp³-hybridized carbons (Fsp3) is 0. The lowest BCUT2D eigenvalue weighted by molar-refractivity contribution is -0.385. The van der Waals surface area contributed by atoms with Gasteiger partial charge in [-0.15, -0.1) is 0 Å². The third kappa shape index (κ3) is 1.91. The highest BCUT2D eigenvalue weighted by Gasteiger charge is 2.17. The molecule has 0 aliphatic carbocycles. The molecule has 0 atom stereocenters. The Morgan fingerprint density at radius 1 is 1.11 bits per heavy atom. The van der Waals surface area contributed by atoms with Gasteiger partial charge < -0.3 is 9.52 Å². The molecule has 5 nitrogen and oxygen atoms in total. The lowest BCUT2D eigenvalue weighted by atomic mass is 10.1. The molecule has 0 saturated heterocycles. The summed E-state index contributed by atoms with van der Waals surface area (Å²) in [5, 5.41) is 20.9. The summed E-state index contributed by atoms with van der Waals surface area (Å²) in [6.45, 7) is 0. The van der Waals surface area contributed by atoms with Gasteiger partial charge in [-0.25, -0.2) is 0 Å². The van der Waals surface area contributed by atoms with Crippen LogP contribution in [-0.2, 0) is 0 Å².